The van der Waals surface area contributed by atoms with Gasteiger partial charge >= 0.3 is 18.0 Å². The number of aromatic carboxylic acids is 1. The SMILES string of the molecule is COC(=O)c1ccc(CN2C(=O)N/C(=C\c3cc(Cl)c(OCc4ccc(C(=O)O)cc4)c(OC)c3)C2=O)o1. The number of carboxylic acid groups (broad SMARTS) is 1. The molecule has 1 aliphatic heterocycles. The second-order valence-electron chi connectivity index (χ2n) is 7.96. The number of carboxylic acids is 1. The van der Waals surface area contributed by atoms with Crippen LogP contribution in [0.25, 0.3) is 6.08 Å². The lowest BCUT2D eigenvalue weighted by Gasteiger charge is -2.14. The van der Waals surface area contributed by atoms with Crippen molar-refractivity contribution >= 4 is 41.6 Å². The minimum absolute atomic E-state index is 0.0000517. The molecule has 1 fully saturated rings. The quantitative estimate of drug-likeness (QED) is 0.233. The number of rotatable bonds is 9. The summed E-state index contributed by atoms with van der Waals surface area (Å²) in [5.74, 6) is -1.60. The number of esters is 1. The number of imide groups is 1. The van der Waals surface area contributed by atoms with E-state index in [4.69, 9.17) is 30.6 Å². The fraction of sp³-hybridized carbons (Fsp3) is 0.154. The highest BCUT2D eigenvalue weighted by Gasteiger charge is 2.34. The zero-order valence-electron chi connectivity index (χ0n) is 20.1. The number of methoxy groups -OCH3 is 2. The first-order valence-electron chi connectivity index (χ1n) is 11.0. The van der Waals surface area contributed by atoms with Crippen LogP contribution in [0, 0.1) is 0 Å². The third-order valence-electron chi connectivity index (χ3n) is 5.47. The van der Waals surface area contributed by atoms with Crippen LogP contribution in [0.1, 0.15) is 37.8 Å². The number of urea groups is 1. The molecule has 0 aliphatic carbocycles. The van der Waals surface area contributed by atoms with Crippen LogP contribution >= 0.6 is 11.6 Å². The van der Waals surface area contributed by atoms with Gasteiger partial charge in [-0.25, -0.2) is 14.4 Å². The molecule has 2 aromatic carbocycles. The fourth-order valence-electron chi connectivity index (χ4n) is 3.57. The van der Waals surface area contributed by atoms with Crippen molar-refractivity contribution in [3.8, 4) is 11.5 Å². The maximum Gasteiger partial charge on any atom is 0.373 e. The van der Waals surface area contributed by atoms with E-state index in [1.807, 2.05) is 0 Å². The molecule has 0 unspecified atom stereocenters. The molecule has 0 saturated carbocycles. The van der Waals surface area contributed by atoms with E-state index in [9.17, 15) is 19.2 Å². The number of furan rings is 1. The molecule has 4 rings (SSSR count). The molecule has 12 heteroatoms. The van der Waals surface area contributed by atoms with Crippen molar-refractivity contribution in [3.63, 3.8) is 0 Å². The summed E-state index contributed by atoms with van der Waals surface area (Å²) in [5, 5.41) is 11.7. The topological polar surface area (TPSA) is 145 Å². The molecule has 0 atom stereocenters. The highest BCUT2D eigenvalue weighted by atomic mass is 35.5. The van der Waals surface area contributed by atoms with Crippen LogP contribution in [-0.2, 0) is 22.7 Å². The summed E-state index contributed by atoms with van der Waals surface area (Å²) >= 11 is 6.43. The average molecular weight is 541 g/mol. The van der Waals surface area contributed by atoms with Gasteiger partial charge in [0.05, 0.1) is 31.4 Å². The maximum atomic E-state index is 12.9. The lowest BCUT2D eigenvalue weighted by Crippen LogP contribution is -2.30. The van der Waals surface area contributed by atoms with E-state index in [0.717, 1.165) is 4.90 Å². The minimum Gasteiger partial charge on any atom is -0.493 e. The van der Waals surface area contributed by atoms with Crippen molar-refractivity contribution in [2.45, 2.75) is 13.2 Å². The van der Waals surface area contributed by atoms with E-state index in [2.05, 4.69) is 10.1 Å². The molecule has 2 heterocycles. The summed E-state index contributed by atoms with van der Waals surface area (Å²) in [6.07, 6.45) is 1.44. The Bertz CT molecular complexity index is 1440. The molecule has 2 N–H and O–H groups in total. The third kappa shape index (κ3) is 5.62. The van der Waals surface area contributed by atoms with Gasteiger partial charge in [-0.1, -0.05) is 23.7 Å². The summed E-state index contributed by atoms with van der Waals surface area (Å²) in [5.41, 5.74) is 1.33. The summed E-state index contributed by atoms with van der Waals surface area (Å²) in [6.45, 7) is -0.0896. The Balaban J connectivity index is 1.49. The van der Waals surface area contributed by atoms with Gasteiger partial charge < -0.3 is 29.1 Å². The summed E-state index contributed by atoms with van der Waals surface area (Å²) in [4.78, 5) is 48.8. The van der Waals surface area contributed by atoms with Gasteiger partial charge in [-0.3, -0.25) is 9.69 Å². The Morgan fingerprint density at radius 3 is 2.50 bits per heavy atom. The van der Waals surface area contributed by atoms with Crippen LogP contribution in [0.5, 0.6) is 11.5 Å². The van der Waals surface area contributed by atoms with Crippen molar-refractivity contribution in [2.24, 2.45) is 0 Å². The van der Waals surface area contributed by atoms with Crippen LogP contribution in [0.15, 0.2) is 58.6 Å². The first-order valence-corrected chi connectivity index (χ1v) is 11.4. The standard InChI is InChI=1S/C26H21ClN2O9/c1-35-21-11-15(9-18(27)22(21)37-13-14-3-5-16(6-4-14)24(31)32)10-19-23(30)29(26(34)28-19)12-17-7-8-20(38-17)25(33)36-2/h3-11H,12-13H2,1-2H3,(H,28,34)(H,31,32)/b19-10-. The number of hydrogen-bond acceptors (Lipinski definition) is 8. The normalized spacial score (nSPS) is 14.0. The summed E-state index contributed by atoms with van der Waals surface area (Å²) in [7, 11) is 2.63. The first-order chi connectivity index (χ1) is 18.2. The van der Waals surface area contributed by atoms with Crippen LogP contribution in [0.3, 0.4) is 0 Å². The van der Waals surface area contributed by atoms with E-state index in [1.165, 1.54) is 50.6 Å². The van der Waals surface area contributed by atoms with E-state index < -0.39 is 23.9 Å². The molecule has 1 aromatic heterocycles. The summed E-state index contributed by atoms with van der Waals surface area (Å²) in [6, 6.07) is 11.5. The van der Waals surface area contributed by atoms with Gasteiger partial charge in [0, 0.05) is 0 Å². The monoisotopic (exact) mass is 540 g/mol. The molecule has 11 nitrogen and oxygen atoms in total. The van der Waals surface area contributed by atoms with Crippen LogP contribution in [0.2, 0.25) is 5.02 Å². The number of nitrogens with one attached hydrogen (secondary N) is 1. The van der Waals surface area contributed by atoms with Crippen LogP contribution in [-0.4, -0.2) is 48.1 Å². The Kier molecular flexibility index (Phi) is 7.68. The molecule has 3 aromatic rings. The zero-order valence-corrected chi connectivity index (χ0v) is 20.9. The van der Waals surface area contributed by atoms with Crippen molar-refractivity contribution in [3.05, 3.63) is 87.5 Å². The lowest BCUT2D eigenvalue weighted by atomic mass is 10.1. The number of halogens is 1. The van der Waals surface area contributed by atoms with Crippen molar-refractivity contribution < 1.29 is 42.9 Å². The Labute approximate surface area is 221 Å². The van der Waals surface area contributed by atoms with Gasteiger partial charge in [-0.05, 0) is 53.6 Å². The second kappa shape index (κ2) is 11.1. The summed E-state index contributed by atoms with van der Waals surface area (Å²) < 4.78 is 21.1. The minimum atomic E-state index is -1.03. The van der Waals surface area contributed by atoms with E-state index >= 15 is 0 Å². The molecule has 196 valence electrons. The molecule has 0 spiro atoms. The fourth-order valence-corrected chi connectivity index (χ4v) is 3.85. The number of amides is 3. The van der Waals surface area contributed by atoms with Crippen molar-refractivity contribution in [1.29, 1.82) is 0 Å². The number of carbonyl (C=O) groups excluding carboxylic acids is 3. The number of benzene rings is 2. The van der Waals surface area contributed by atoms with Crippen LogP contribution < -0.4 is 14.8 Å². The second-order valence-corrected chi connectivity index (χ2v) is 8.37. The molecular weight excluding hydrogens is 520 g/mol. The third-order valence-corrected chi connectivity index (χ3v) is 5.75. The molecule has 1 saturated heterocycles. The van der Waals surface area contributed by atoms with Gasteiger partial charge in [0.2, 0.25) is 5.76 Å². The maximum absolute atomic E-state index is 12.9. The smallest absolute Gasteiger partial charge is 0.373 e. The number of nitrogens with zero attached hydrogens (tertiary/aromatic N) is 1. The largest absolute Gasteiger partial charge is 0.493 e. The van der Waals surface area contributed by atoms with Gasteiger partial charge in [-0.2, -0.15) is 0 Å². The number of ether oxygens (including phenoxy) is 3. The van der Waals surface area contributed by atoms with Crippen LogP contribution in [0.4, 0.5) is 4.79 Å². The van der Waals surface area contributed by atoms with Crippen molar-refractivity contribution in [2.75, 3.05) is 14.2 Å². The first kappa shape index (κ1) is 26.3. The molecule has 0 bridgehead atoms. The average Bonchev–Trinajstić information content (AvgIpc) is 3.48. The Morgan fingerprint density at radius 2 is 1.84 bits per heavy atom. The van der Waals surface area contributed by atoms with E-state index in [0.29, 0.717) is 11.1 Å². The Hall–Kier alpha value is -4.77. The zero-order chi connectivity index (χ0) is 27.4. The van der Waals surface area contributed by atoms with E-state index in [1.54, 1.807) is 18.2 Å². The van der Waals surface area contributed by atoms with Gasteiger partial charge in [-0.15, -0.1) is 0 Å². The highest BCUT2D eigenvalue weighted by molar-refractivity contribution is 6.32. The molecule has 1 aliphatic rings. The van der Waals surface area contributed by atoms with Gasteiger partial charge in [0.1, 0.15) is 18.1 Å². The lowest BCUT2D eigenvalue weighted by molar-refractivity contribution is -0.123. The van der Waals surface area contributed by atoms with Gasteiger partial charge in [0.15, 0.2) is 11.5 Å². The molecule has 3 amide bonds. The van der Waals surface area contributed by atoms with Crippen molar-refractivity contribution in [1.82, 2.24) is 10.2 Å². The predicted octanol–water partition coefficient (Wildman–Crippen LogP) is 4.10. The number of carbonyl (C=O) groups is 4. The molecule has 0 radical (unpaired) electrons. The molecule has 38 heavy (non-hydrogen) atoms. The Morgan fingerprint density at radius 1 is 1.11 bits per heavy atom. The van der Waals surface area contributed by atoms with Gasteiger partial charge in [0.25, 0.3) is 5.91 Å². The predicted molar refractivity (Wildman–Crippen MR) is 133 cm³/mol. The number of hydrogen-bond donors (Lipinski definition) is 2. The molecular formula is C26H21ClN2O9. The highest BCUT2D eigenvalue weighted by Crippen LogP contribution is 2.37. The van der Waals surface area contributed by atoms with E-state index in [-0.39, 0.29) is 52.5 Å².